The lowest BCUT2D eigenvalue weighted by atomic mass is 10.2. The first-order valence-corrected chi connectivity index (χ1v) is 7.55. The van der Waals surface area contributed by atoms with Gasteiger partial charge >= 0.3 is 0 Å². The monoisotopic (exact) mass is 358 g/mol. The van der Waals surface area contributed by atoms with Gasteiger partial charge in [0.1, 0.15) is 34.8 Å². The summed E-state index contributed by atoms with van der Waals surface area (Å²) in [6, 6.07) is 9.76. The van der Waals surface area contributed by atoms with E-state index in [1.807, 2.05) is 0 Å². The van der Waals surface area contributed by atoms with Crippen molar-refractivity contribution in [1.29, 1.82) is 0 Å². The maximum absolute atomic E-state index is 13.8. The Morgan fingerprint density at radius 2 is 1.73 bits per heavy atom. The first kappa shape index (κ1) is 17.4. The van der Waals surface area contributed by atoms with E-state index in [9.17, 15) is 18.0 Å². The number of hydrogen-bond acceptors (Lipinski definition) is 4. The van der Waals surface area contributed by atoms with Crippen LogP contribution in [0, 0.1) is 24.4 Å². The molecule has 0 aliphatic carbocycles. The molecule has 0 aliphatic heterocycles. The second-order valence-electron chi connectivity index (χ2n) is 5.40. The molecule has 8 heteroatoms. The largest absolute Gasteiger partial charge is 0.338 e. The van der Waals surface area contributed by atoms with Crippen molar-refractivity contribution < 1.29 is 18.0 Å². The van der Waals surface area contributed by atoms with E-state index < -0.39 is 23.4 Å². The van der Waals surface area contributed by atoms with Crippen molar-refractivity contribution in [2.24, 2.45) is 0 Å². The van der Waals surface area contributed by atoms with Crippen molar-refractivity contribution >= 4 is 23.1 Å². The Morgan fingerprint density at radius 3 is 2.46 bits per heavy atom. The van der Waals surface area contributed by atoms with Gasteiger partial charge in [-0.3, -0.25) is 4.79 Å². The molecule has 5 nitrogen and oxygen atoms in total. The van der Waals surface area contributed by atoms with Crippen LogP contribution in [-0.4, -0.2) is 15.9 Å². The Labute approximate surface area is 146 Å². The van der Waals surface area contributed by atoms with Gasteiger partial charge < -0.3 is 10.6 Å². The highest BCUT2D eigenvalue weighted by atomic mass is 19.1. The molecule has 1 aromatic heterocycles. The number of carbonyl (C=O) groups is 1. The fourth-order valence-electron chi connectivity index (χ4n) is 2.24. The van der Waals surface area contributed by atoms with Gasteiger partial charge in [0.25, 0.3) is 5.91 Å². The van der Waals surface area contributed by atoms with Gasteiger partial charge in [-0.2, -0.15) is 0 Å². The van der Waals surface area contributed by atoms with E-state index in [1.54, 1.807) is 6.92 Å². The van der Waals surface area contributed by atoms with Crippen molar-refractivity contribution in [2.45, 2.75) is 6.92 Å². The van der Waals surface area contributed by atoms with Crippen LogP contribution in [0.25, 0.3) is 0 Å². The van der Waals surface area contributed by atoms with Crippen LogP contribution in [0.5, 0.6) is 0 Å². The third kappa shape index (κ3) is 4.15. The lowest BCUT2D eigenvalue weighted by Gasteiger charge is -2.10. The molecule has 0 fully saturated rings. The molecular formula is C18H13F3N4O. The van der Waals surface area contributed by atoms with Gasteiger partial charge in [-0.15, -0.1) is 0 Å². The van der Waals surface area contributed by atoms with Crippen LogP contribution in [-0.2, 0) is 0 Å². The molecule has 0 aliphatic rings. The average molecular weight is 358 g/mol. The average Bonchev–Trinajstić information content (AvgIpc) is 2.57. The molecule has 2 aromatic carbocycles. The molecule has 1 heterocycles. The maximum Gasteiger partial charge on any atom is 0.274 e. The SMILES string of the molecule is Cc1nc(Nc2ccc(F)cc2F)cc(C(=O)Nc2cccc(F)c2)n1. The summed E-state index contributed by atoms with van der Waals surface area (Å²) in [7, 11) is 0. The molecule has 0 saturated heterocycles. The fraction of sp³-hybridized carbons (Fsp3) is 0.0556. The lowest BCUT2D eigenvalue weighted by Crippen LogP contribution is -2.15. The number of hydrogen-bond donors (Lipinski definition) is 2. The standard InChI is InChI=1S/C18H13F3N4O/c1-10-22-16(18(26)24-13-4-2-3-11(19)7-13)9-17(23-10)25-15-6-5-12(20)8-14(15)21/h2-9H,1H3,(H,24,26)(H,22,23,25). The summed E-state index contributed by atoms with van der Waals surface area (Å²) in [5, 5.41) is 5.19. The highest BCUT2D eigenvalue weighted by Crippen LogP contribution is 2.20. The third-order valence-corrected chi connectivity index (χ3v) is 3.35. The molecule has 0 unspecified atom stereocenters. The van der Waals surface area contributed by atoms with Crippen LogP contribution in [0.1, 0.15) is 16.3 Å². The molecule has 132 valence electrons. The van der Waals surface area contributed by atoms with E-state index in [4.69, 9.17) is 0 Å². The molecule has 0 atom stereocenters. The van der Waals surface area contributed by atoms with E-state index in [-0.39, 0.29) is 28.7 Å². The minimum Gasteiger partial charge on any atom is -0.338 e. The molecule has 0 saturated carbocycles. The van der Waals surface area contributed by atoms with E-state index in [2.05, 4.69) is 20.6 Å². The predicted molar refractivity (Wildman–Crippen MR) is 90.8 cm³/mol. The van der Waals surface area contributed by atoms with Gasteiger partial charge in [0, 0.05) is 17.8 Å². The van der Waals surface area contributed by atoms with E-state index in [1.165, 1.54) is 36.4 Å². The Morgan fingerprint density at radius 1 is 0.962 bits per heavy atom. The van der Waals surface area contributed by atoms with Crippen molar-refractivity contribution in [3.8, 4) is 0 Å². The normalized spacial score (nSPS) is 10.5. The maximum atomic E-state index is 13.8. The van der Waals surface area contributed by atoms with Gasteiger partial charge in [0.15, 0.2) is 0 Å². The lowest BCUT2D eigenvalue weighted by molar-refractivity contribution is 0.102. The zero-order chi connectivity index (χ0) is 18.7. The molecule has 0 radical (unpaired) electrons. The van der Waals surface area contributed by atoms with Crippen LogP contribution >= 0.6 is 0 Å². The topological polar surface area (TPSA) is 66.9 Å². The molecule has 3 rings (SSSR count). The van der Waals surface area contributed by atoms with Crippen molar-refractivity contribution in [2.75, 3.05) is 10.6 Å². The zero-order valence-corrected chi connectivity index (χ0v) is 13.6. The first-order chi connectivity index (χ1) is 12.4. The molecular weight excluding hydrogens is 345 g/mol. The molecule has 1 amide bonds. The quantitative estimate of drug-likeness (QED) is 0.734. The van der Waals surface area contributed by atoms with Gasteiger partial charge in [-0.25, -0.2) is 23.1 Å². The summed E-state index contributed by atoms with van der Waals surface area (Å²) in [5.74, 6) is -2.15. The Bertz CT molecular complexity index is 978. The van der Waals surface area contributed by atoms with Gasteiger partial charge in [0.05, 0.1) is 5.69 Å². The molecule has 2 N–H and O–H groups in total. The van der Waals surface area contributed by atoms with Crippen molar-refractivity contribution in [1.82, 2.24) is 9.97 Å². The number of rotatable bonds is 4. The van der Waals surface area contributed by atoms with Crippen molar-refractivity contribution in [3.05, 3.63) is 77.5 Å². The van der Waals surface area contributed by atoms with Crippen LogP contribution in [0.2, 0.25) is 0 Å². The van der Waals surface area contributed by atoms with Crippen LogP contribution in [0.3, 0.4) is 0 Å². The van der Waals surface area contributed by atoms with Crippen LogP contribution in [0.4, 0.5) is 30.4 Å². The minimum atomic E-state index is -0.799. The molecule has 0 bridgehead atoms. The number of aromatic nitrogens is 2. The molecule has 3 aromatic rings. The predicted octanol–water partition coefficient (Wildman–Crippen LogP) is 4.20. The third-order valence-electron chi connectivity index (χ3n) is 3.35. The summed E-state index contributed by atoms with van der Waals surface area (Å²) in [6.07, 6.45) is 0. The fourth-order valence-corrected chi connectivity index (χ4v) is 2.24. The van der Waals surface area contributed by atoms with Gasteiger partial charge in [-0.1, -0.05) is 6.07 Å². The summed E-state index contributed by atoms with van der Waals surface area (Å²) < 4.78 is 40.0. The summed E-state index contributed by atoms with van der Waals surface area (Å²) in [5.41, 5.74) is 0.276. The Hall–Kier alpha value is -3.42. The number of nitrogens with one attached hydrogen (secondary N) is 2. The summed E-state index contributed by atoms with van der Waals surface area (Å²) in [6.45, 7) is 1.56. The molecule has 26 heavy (non-hydrogen) atoms. The number of carbonyl (C=O) groups excluding carboxylic acids is 1. The van der Waals surface area contributed by atoms with E-state index in [0.29, 0.717) is 0 Å². The Balaban J connectivity index is 1.84. The molecule has 0 spiro atoms. The number of benzene rings is 2. The number of aryl methyl sites for hydroxylation is 1. The number of nitrogens with zero attached hydrogens (tertiary/aromatic N) is 2. The van der Waals surface area contributed by atoms with Crippen LogP contribution in [0.15, 0.2) is 48.5 Å². The second-order valence-corrected chi connectivity index (χ2v) is 5.40. The number of halogens is 3. The van der Waals surface area contributed by atoms with E-state index in [0.717, 1.165) is 12.1 Å². The smallest absolute Gasteiger partial charge is 0.274 e. The minimum absolute atomic E-state index is 0.000915. The van der Waals surface area contributed by atoms with Gasteiger partial charge in [0.2, 0.25) is 0 Å². The van der Waals surface area contributed by atoms with E-state index >= 15 is 0 Å². The first-order valence-electron chi connectivity index (χ1n) is 7.55. The van der Waals surface area contributed by atoms with Crippen LogP contribution < -0.4 is 10.6 Å². The van der Waals surface area contributed by atoms with Gasteiger partial charge in [-0.05, 0) is 37.3 Å². The number of amides is 1. The highest BCUT2D eigenvalue weighted by Gasteiger charge is 2.13. The zero-order valence-electron chi connectivity index (χ0n) is 13.6. The Kier molecular flexibility index (Phi) is 4.83. The second kappa shape index (κ2) is 7.22. The summed E-state index contributed by atoms with van der Waals surface area (Å²) in [4.78, 5) is 20.4. The highest BCUT2D eigenvalue weighted by molar-refractivity contribution is 6.03. The van der Waals surface area contributed by atoms with Crippen molar-refractivity contribution in [3.63, 3.8) is 0 Å². The summed E-state index contributed by atoms with van der Waals surface area (Å²) >= 11 is 0. The number of anilines is 3.